The van der Waals surface area contributed by atoms with Gasteiger partial charge in [0.25, 0.3) is 0 Å². The first-order valence-corrected chi connectivity index (χ1v) is 7.84. The van der Waals surface area contributed by atoms with E-state index in [2.05, 4.69) is 4.98 Å². The maximum Gasteiger partial charge on any atom is 0.354 e. The van der Waals surface area contributed by atoms with Crippen LogP contribution in [0.25, 0.3) is 0 Å². The molecular weight excluding hydrogens is 306 g/mol. The van der Waals surface area contributed by atoms with Crippen molar-refractivity contribution in [3.63, 3.8) is 0 Å². The van der Waals surface area contributed by atoms with Crippen LogP contribution in [-0.2, 0) is 4.79 Å². The SMILES string of the molecule is CN(C(=O)C1CCN(c2cccc(C(=O)O)n2)C1)c1ccccc1. The molecular formula is C18H19N3O3. The fourth-order valence-corrected chi connectivity index (χ4v) is 2.94. The van der Waals surface area contributed by atoms with Crippen molar-refractivity contribution in [3.8, 4) is 0 Å². The fourth-order valence-electron chi connectivity index (χ4n) is 2.94. The van der Waals surface area contributed by atoms with E-state index in [4.69, 9.17) is 5.11 Å². The predicted octanol–water partition coefficient (Wildman–Crippen LogP) is 2.27. The van der Waals surface area contributed by atoms with Crippen molar-refractivity contribution in [1.82, 2.24) is 4.98 Å². The molecule has 1 atom stereocenters. The number of aromatic nitrogens is 1. The van der Waals surface area contributed by atoms with Gasteiger partial charge in [-0.15, -0.1) is 0 Å². The Morgan fingerprint density at radius 2 is 1.92 bits per heavy atom. The first-order chi connectivity index (χ1) is 11.6. The lowest BCUT2D eigenvalue weighted by molar-refractivity contribution is -0.121. The van der Waals surface area contributed by atoms with Crippen LogP contribution < -0.4 is 9.80 Å². The van der Waals surface area contributed by atoms with Gasteiger partial charge in [0.2, 0.25) is 5.91 Å². The van der Waals surface area contributed by atoms with Gasteiger partial charge < -0.3 is 14.9 Å². The molecule has 1 aromatic carbocycles. The summed E-state index contributed by atoms with van der Waals surface area (Å²) in [6.45, 7) is 1.24. The summed E-state index contributed by atoms with van der Waals surface area (Å²) < 4.78 is 0. The predicted molar refractivity (Wildman–Crippen MR) is 91.4 cm³/mol. The highest BCUT2D eigenvalue weighted by atomic mass is 16.4. The van der Waals surface area contributed by atoms with Crippen molar-refractivity contribution in [1.29, 1.82) is 0 Å². The van der Waals surface area contributed by atoms with Gasteiger partial charge >= 0.3 is 5.97 Å². The van der Waals surface area contributed by atoms with E-state index in [1.54, 1.807) is 24.1 Å². The number of carbonyl (C=O) groups is 2. The van der Waals surface area contributed by atoms with Crippen LogP contribution >= 0.6 is 0 Å². The van der Waals surface area contributed by atoms with Gasteiger partial charge in [0.15, 0.2) is 5.69 Å². The van der Waals surface area contributed by atoms with Crippen LogP contribution in [0, 0.1) is 5.92 Å². The molecule has 0 bridgehead atoms. The lowest BCUT2D eigenvalue weighted by Crippen LogP contribution is -2.34. The van der Waals surface area contributed by atoms with Gasteiger partial charge in [-0.2, -0.15) is 0 Å². The molecule has 0 spiro atoms. The molecule has 1 saturated heterocycles. The second kappa shape index (κ2) is 6.70. The minimum absolute atomic E-state index is 0.0173. The Hall–Kier alpha value is -2.89. The van der Waals surface area contributed by atoms with Crippen LogP contribution in [0.1, 0.15) is 16.9 Å². The summed E-state index contributed by atoms with van der Waals surface area (Å²) in [5.74, 6) is -0.497. The lowest BCUT2D eigenvalue weighted by Gasteiger charge is -2.22. The number of rotatable bonds is 4. The van der Waals surface area contributed by atoms with Crippen LogP contribution in [0.15, 0.2) is 48.5 Å². The van der Waals surface area contributed by atoms with E-state index in [-0.39, 0.29) is 17.5 Å². The topological polar surface area (TPSA) is 73.7 Å². The molecule has 1 aliphatic rings. The molecule has 1 unspecified atom stereocenters. The number of amides is 1. The van der Waals surface area contributed by atoms with E-state index < -0.39 is 5.97 Å². The Labute approximate surface area is 140 Å². The molecule has 0 radical (unpaired) electrons. The highest BCUT2D eigenvalue weighted by Gasteiger charge is 2.31. The van der Waals surface area contributed by atoms with Crippen LogP contribution in [0.4, 0.5) is 11.5 Å². The van der Waals surface area contributed by atoms with E-state index in [1.807, 2.05) is 35.2 Å². The zero-order valence-corrected chi connectivity index (χ0v) is 13.4. The number of carbonyl (C=O) groups excluding carboxylic acids is 1. The molecule has 1 N–H and O–H groups in total. The Bertz CT molecular complexity index is 748. The van der Waals surface area contributed by atoms with E-state index in [0.717, 1.165) is 12.1 Å². The Morgan fingerprint density at radius 1 is 1.17 bits per heavy atom. The molecule has 3 rings (SSSR count). The summed E-state index contributed by atoms with van der Waals surface area (Å²) in [5.41, 5.74) is 0.885. The number of carboxylic acid groups (broad SMARTS) is 1. The van der Waals surface area contributed by atoms with Crippen molar-refractivity contribution < 1.29 is 14.7 Å². The van der Waals surface area contributed by atoms with Crippen molar-refractivity contribution in [2.45, 2.75) is 6.42 Å². The molecule has 1 fully saturated rings. The summed E-state index contributed by atoms with van der Waals surface area (Å²) in [7, 11) is 1.78. The minimum atomic E-state index is -1.05. The zero-order chi connectivity index (χ0) is 17.1. The molecule has 24 heavy (non-hydrogen) atoms. The molecule has 2 heterocycles. The molecule has 6 nitrogen and oxygen atoms in total. The molecule has 0 aliphatic carbocycles. The van der Waals surface area contributed by atoms with E-state index in [0.29, 0.717) is 18.9 Å². The maximum atomic E-state index is 12.7. The highest BCUT2D eigenvalue weighted by Crippen LogP contribution is 2.25. The monoisotopic (exact) mass is 325 g/mol. The van der Waals surface area contributed by atoms with E-state index in [1.165, 1.54) is 6.07 Å². The normalized spacial score (nSPS) is 16.9. The van der Waals surface area contributed by atoms with Crippen molar-refractivity contribution in [3.05, 3.63) is 54.2 Å². The van der Waals surface area contributed by atoms with Gasteiger partial charge in [-0.1, -0.05) is 24.3 Å². The minimum Gasteiger partial charge on any atom is -0.477 e. The third kappa shape index (κ3) is 3.22. The second-order valence-electron chi connectivity index (χ2n) is 5.85. The van der Waals surface area contributed by atoms with Gasteiger partial charge in [0.1, 0.15) is 5.82 Å². The summed E-state index contributed by atoms with van der Waals surface area (Å²) in [4.78, 5) is 31.5. The highest BCUT2D eigenvalue weighted by molar-refractivity contribution is 5.95. The molecule has 2 aromatic rings. The largest absolute Gasteiger partial charge is 0.477 e. The summed E-state index contributed by atoms with van der Waals surface area (Å²) in [5, 5.41) is 9.05. The molecule has 1 amide bonds. The number of carboxylic acids is 1. The summed E-state index contributed by atoms with van der Waals surface area (Å²) in [6, 6.07) is 14.5. The van der Waals surface area contributed by atoms with Gasteiger partial charge in [-0.3, -0.25) is 4.79 Å². The van der Waals surface area contributed by atoms with Crippen LogP contribution in [0.5, 0.6) is 0 Å². The quantitative estimate of drug-likeness (QED) is 0.933. The Kier molecular flexibility index (Phi) is 4.46. The summed E-state index contributed by atoms with van der Waals surface area (Å²) >= 11 is 0. The third-order valence-electron chi connectivity index (χ3n) is 4.29. The standard InChI is InChI=1S/C18H19N3O3/c1-20(14-6-3-2-4-7-14)17(22)13-10-11-21(12-13)16-9-5-8-15(19-16)18(23)24/h2-9,13H,10-12H2,1H3,(H,23,24). The second-order valence-corrected chi connectivity index (χ2v) is 5.85. The number of hydrogen-bond donors (Lipinski definition) is 1. The number of pyridine rings is 1. The molecule has 124 valence electrons. The summed E-state index contributed by atoms with van der Waals surface area (Å²) in [6.07, 6.45) is 0.731. The van der Waals surface area contributed by atoms with Gasteiger partial charge in [0.05, 0.1) is 5.92 Å². The van der Waals surface area contributed by atoms with E-state index >= 15 is 0 Å². The van der Waals surface area contributed by atoms with Gasteiger partial charge in [-0.25, -0.2) is 9.78 Å². The fraction of sp³-hybridized carbons (Fsp3) is 0.278. The van der Waals surface area contributed by atoms with Crippen LogP contribution in [0.3, 0.4) is 0 Å². The average molecular weight is 325 g/mol. The smallest absolute Gasteiger partial charge is 0.354 e. The van der Waals surface area contributed by atoms with Crippen molar-refractivity contribution in [2.24, 2.45) is 5.92 Å². The first kappa shape index (κ1) is 16.0. The van der Waals surface area contributed by atoms with Gasteiger partial charge in [0, 0.05) is 25.8 Å². The number of para-hydroxylation sites is 1. The van der Waals surface area contributed by atoms with Crippen molar-refractivity contribution in [2.75, 3.05) is 29.9 Å². The Morgan fingerprint density at radius 3 is 2.62 bits per heavy atom. The number of benzene rings is 1. The number of aromatic carboxylic acids is 1. The molecule has 1 aromatic heterocycles. The zero-order valence-electron chi connectivity index (χ0n) is 13.4. The lowest BCUT2D eigenvalue weighted by atomic mass is 10.1. The van der Waals surface area contributed by atoms with Gasteiger partial charge in [-0.05, 0) is 30.7 Å². The molecule has 6 heteroatoms. The van der Waals surface area contributed by atoms with Crippen LogP contribution in [0.2, 0.25) is 0 Å². The first-order valence-electron chi connectivity index (χ1n) is 7.84. The number of anilines is 2. The third-order valence-corrected chi connectivity index (χ3v) is 4.29. The average Bonchev–Trinajstić information content (AvgIpc) is 3.11. The van der Waals surface area contributed by atoms with Crippen LogP contribution in [-0.4, -0.2) is 42.1 Å². The molecule has 1 aliphatic heterocycles. The number of nitrogens with zero attached hydrogens (tertiary/aromatic N) is 3. The number of hydrogen-bond acceptors (Lipinski definition) is 4. The van der Waals surface area contributed by atoms with Crippen molar-refractivity contribution >= 4 is 23.4 Å². The maximum absolute atomic E-state index is 12.7. The molecule has 0 saturated carbocycles. The Balaban J connectivity index is 1.70. The van der Waals surface area contributed by atoms with E-state index in [9.17, 15) is 9.59 Å².